The number of carbonyl (C=O) groups is 1. The zero-order valence-corrected chi connectivity index (χ0v) is 14.7. The molecule has 2 aliphatic rings. The molecule has 0 spiro atoms. The smallest absolute Gasteiger partial charge is 0.410 e. The zero-order chi connectivity index (χ0) is 16.1. The molecule has 2 saturated heterocycles. The maximum atomic E-state index is 12.4. The van der Waals surface area contributed by atoms with Gasteiger partial charge >= 0.3 is 6.09 Å². The number of ether oxygens (including phenoxy) is 2. The number of hydrogen-bond donors (Lipinski definition) is 0. The summed E-state index contributed by atoms with van der Waals surface area (Å²) in [6, 6.07) is 7.98. The third-order valence-electron chi connectivity index (χ3n) is 4.29. The molecule has 3 rings (SSSR count). The Balaban J connectivity index is 1.55. The maximum absolute atomic E-state index is 12.4. The molecule has 0 saturated carbocycles. The topological polar surface area (TPSA) is 38.8 Å². The summed E-state index contributed by atoms with van der Waals surface area (Å²) < 4.78 is 10.9. The molecule has 0 aromatic heterocycles. The molecule has 1 amide bonds. The van der Waals surface area contributed by atoms with Gasteiger partial charge in [0.25, 0.3) is 0 Å². The van der Waals surface area contributed by atoms with Crippen molar-refractivity contribution in [2.24, 2.45) is 0 Å². The Kier molecular flexibility index (Phi) is 6.08. The Bertz CT molecular complexity index is 536. The van der Waals surface area contributed by atoms with E-state index in [0.29, 0.717) is 25.0 Å². The average molecular weight is 356 g/mol. The van der Waals surface area contributed by atoms with Gasteiger partial charge in [0.05, 0.1) is 13.2 Å². The summed E-state index contributed by atoms with van der Waals surface area (Å²) in [5, 5.41) is 1.15. The third kappa shape index (κ3) is 4.55. The standard InChI is InChI=1S/C17H22ClNO3S/c18-15-4-2-1-3-14(15)16-5-8-19(9-12-23-16)17(20)22-13-6-10-21-11-7-13/h1-4,13,16H,5-12H2/t16-/m0/s1. The summed E-state index contributed by atoms with van der Waals surface area (Å²) in [7, 11) is 0. The van der Waals surface area contributed by atoms with Gasteiger partial charge in [0.1, 0.15) is 6.10 Å². The molecular formula is C17H22ClNO3S. The van der Waals surface area contributed by atoms with Crippen molar-refractivity contribution >= 4 is 29.5 Å². The van der Waals surface area contributed by atoms with Crippen LogP contribution < -0.4 is 0 Å². The number of nitrogens with zero attached hydrogens (tertiary/aromatic N) is 1. The van der Waals surface area contributed by atoms with Crippen molar-refractivity contribution in [2.75, 3.05) is 32.1 Å². The highest BCUT2D eigenvalue weighted by molar-refractivity contribution is 7.99. The van der Waals surface area contributed by atoms with E-state index in [2.05, 4.69) is 6.07 Å². The minimum atomic E-state index is -0.183. The van der Waals surface area contributed by atoms with E-state index in [1.807, 2.05) is 34.9 Å². The quantitative estimate of drug-likeness (QED) is 0.799. The molecule has 126 valence electrons. The van der Waals surface area contributed by atoms with Crippen LogP contribution in [-0.4, -0.2) is 49.2 Å². The Morgan fingerprint density at radius 1 is 1.22 bits per heavy atom. The minimum absolute atomic E-state index is 0.00604. The van der Waals surface area contributed by atoms with Gasteiger partial charge in [0, 0.05) is 42.0 Å². The van der Waals surface area contributed by atoms with Crippen LogP contribution in [0.5, 0.6) is 0 Å². The molecular weight excluding hydrogens is 334 g/mol. The predicted molar refractivity (Wildman–Crippen MR) is 93.2 cm³/mol. The fraction of sp³-hybridized carbons (Fsp3) is 0.588. The maximum Gasteiger partial charge on any atom is 0.410 e. The van der Waals surface area contributed by atoms with Crippen LogP contribution in [0.4, 0.5) is 4.79 Å². The molecule has 0 radical (unpaired) electrons. The third-order valence-corrected chi connectivity index (χ3v) is 5.94. The fourth-order valence-electron chi connectivity index (χ4n) is 2.95. The van der Waals surface area contributed by atoms with Gasteiger partial charge < -0.3 is 14.4 Å². The Labute approximate surface area is 146 Å². The Morgan fingerprint density at radius 2 is 2.00 bits per heavy atom. The molecule has 0 bridgehead atoms. The Hall–Kier alpha value is -0.910. The van der Waals surface area contributed by atoms with E-state index < -0.39 is 0 Å². The highest BCUT2D eigenvalue weighted by Crippen LogP contribution is 2.37. The van der Waals surface area contributed by atoms with E-state index in [1.54, 1.807) is 0 Å². The van der Waals surface area contributed by atoms with Crippen molar-refractivity contribution in [1.29, 1.82) is 0 Å². The van der Waals surface area contributed by atoms with Crippen molar-refractivity contribution in [1.82, 2.24) is 4.90 Å². The molecule has 0 N–H and O–H groups in total. The van der Waals surface area contributed by atoms with E-state index in [0.717, 1.165) is 36.6 Å². The molecule has 2 heterocycles. The SMILES string of the molecule is O=C(OC1CCOCC1)N1CCS[C@H](c2ccccc2Cl)CC1. The van der Waals surface area contributed by atoms with Crippen molar-refractivity contribution in [3.05, 3.63) is 34.9 Å². The molecule has 6 heteroatoms. The summed E-state index contributed by atoms with van der Waals surface area (Å²) in [4.78, 5) is 14.2. The van der Waals surface area contributed by atoms with Crippen LogP contribution in [0.3, 0.4) is 0 Å². The number of amides is 1. The summed E-state index contributed by atoms with van der Waals surface area (Å²) in [6.45, 7) is 2.81. The van der Waals surface area contributed by atoms with Gasteiger partial charge in [-0.3, -0.25) is 0 Å². The van der Waals surface area contributed by atoms with Gasteiger partial charge in [-0.1, -0.05) is 29.8 Å². The van der Waals surface area contributed by atoms with Gasteiger partial charge in [0.15, 0.2) is 0 Å². The number of benzene rings is 1. The first-order valence-electron chi connectivity index (χ1n) is 8.13. The first-order valence-corrected chi connectivity index (χ1v) is 9.56. The van der Waals surface area contributed by atoms with Crippen LogP contribution in [-0.2, 0) is 9.47 Å². The number of thioether (sulfide) groups is 1. The van der Waals surface area contributed by atoms with Crippen LogP contribution in [0.25, 0.3) is 0 Å². The van der Waals surface area contributed by atoms with E-state index in [9.17, 15) is 4.79 Å². The highest BCUT2D eigenvalue weighted by Gasteiger charge is 2.26. The van der Waals surface area contributed by atoms with Gasteiger partial charge in [-0.15, -0.1) is 0 Å². The lowest BCUT2D eigenvalue weighted by atomic mass is 10.1. The molecule has 0 aliphatic carbocycles. The molecule has 23 heavy (non-hydrogen) atoms. The lowest BCUT2D eigenvalue weighted by Crippen LogP contribution is -2.37. The molecule has 2 aliphatic heterocycles. The lowest BCUT2D eigenvalue weighted by Gasteiger charge is -2.26. The summed E-state index contributed by atoms with van der Waals surface area (Å²) in [5.41, 5.74) is 1.17. The van der Waals surface area contributed by atoms with Crippen molar-refractivity contribution in [2.45, 2.75) is 30.6 Å². The predicted octanol–water partition coefficient (Wildman–Crippen LogP) is 4.14. The molecule has 1 aromatic rings. The first-order chi connectivity index (χ1) is 11.2. The second-order valence-corrected chi connectivity index (χ2v) is 7.57. The second-order valence-electron chi connectivity index (χ2n) is 5.85. The molecule has 1 aromatic carbocycles. The van der Waals surface area contributed by atoms with Gasteiger partial charge in [-0.05, 0) is 18.1 Å². The van der Waals surface area contributed by atoms with Crippen LogP contribution in [0.2, 0.25) is 5.02 Å². The van der Waals surface area contributed by atoms with Crippen molar-refractivity contribution in [3.8, 4) is 0 Å². The molecule has 2 fully saturated rings. The van der Waals surface area contributed by atoms with Crippen LogP contribution in [0.15, 0.2) is 24.3 Å². The van der Waals surface area contributed by atoms with Crippen molar-refractivity contribution < 1.29 is 14.3 Å². The summed E-state index contributed by atoms with van der Waals surface area (Å²) in [6.07, 6.45) is 2.33. The molecule has 0 unspecified atom stereocenters. The first kappa shape index (κ1) is 16.9. The largest absolute Gasteiger partial charge is 0.446 e. The summed E-state index contributed by atoms with van der Waals surface area (Å²) >= 11 is 8.17. The van der Waals surface area contributed by atoms with Crippen molar-refractivity contribution in [3.63, 3.8) is 0 Å². The van der Waals surface area contributed by atoms with E-state index in [4.69, 9.17) is 21.1 Å². The number of carbonyl (C=O) groups excluding carboxylic acids is 1. The van der Waals surface area contributed by atoms with E-state index in [1.165, 1.54) is 5.56 Å². The van der Waals surface area contributed by atoms with Crippen LogP contribution in [0, 0.1) is 0 Å². The minimum Gasteiger partial charge on any atom is -0.446 e. The number of hydrogen-bond acceptors (Lipinski definition) is 4. The normalized spacial score (nSPS) is 23.3. The lowest BCUT2D eigenvalue weighted by molar-refractivity contribution is -0.00961. The monoisotopic (exact) mass is 355 g/mol. The average Bonchev–Trinajstić information content (AvgIpc) is 2.82. The number of halogens is 1. The van der Waals surface area contributed by atoms with Gasteiger partial charge in [-0.2, -0.15) is 11.8 Å². The van der Waals surface area contributed by atoms with Gasteiger partial charge in [0.2, 0.25) is 0 Å². The van der Waals surface area contributed by atoms with Gasteiger partial charge in [-0.25, -0.2) is 4.79 Å². The van der Waals surface area contributed by atoms with Crippen LogP contribution in [0.1, 0.15) is 30.1 Å². The Morgan fingerprint density at radius 3 is 2.78 bits per heavy atom. The van der Waals surface area contributed by atoms with E-state index >= 15 is 0 Å². The molecule has 1 atom stereocenters. The summed E-state index contributed by atoms with van der Waals surface area (Å²) in [5.74, 6) is 0.902. The van der Waals surface area contributed by atoms with E-state index in [-0.39, 0.29) is 12.2 Å². The van der Waals surface area contributed by atoms with Crippen LogP contribution >= 0.6 is 23.4 Å². The second kappa shape index (κ2) is 8.27. The number of rotatable bonds is 2. The fourth-order valence-corrected chi connectivity index (χ4v) is 4.55. The molecule has 4 nitrogen and oxygen atoms in total. The highest BCUT2D eigenvalue weighted by atomic mass is 35.5. The zero-order valence-electron chi connectivity index (χ0n) is 13.1.